The molecule has 9 heteroatoms. The Kier molecular flexibility index (Phi) is 7.33. The van der Waals surface area contributed by atoms with E-state index in [1.54, 1.807) is 25.1 Å². The fourth-order valence-electron chi connectivity index (χ4n) is 4.32. The van der Waals surface area contributed by atoms with Crippen LogP contribution in [0.1, 0.15) is 22.3 Å². The van der Waals surface area contributed by atoms with Crippen molar-refractivity contribution in [2.24, 2.45) is 0 Å². The van der Waals surface area contributed by atoms with Crippen LogP contribution in [0.25, 0.3) is 11.1 Å². The molecule has 1 aromatic heterocycles. The zero-order chi connectivity index (χ0) is 26.7. The van der Waals surface area contributed by atoms with Crippen LogP contribution in [-0.4, -0.2) is 16.2 Å². The number of benzene rings is 3. The Labute approximate surface area is 210 Å². The standard InChI is InChI=1S/C28H24F4N2O3/c1-18-20(10-6-13-25(18)37-2)21-16-33(17-22-23(28(30,31)32)11-7-12-24(22)29)27(36)34(26(21)35)15-14-19-8-4-3-5-9-19/h3-13,16H,14-15,17H2,1-2H3. The van der Waals surface area contributed by atoms with E-state index in [0.717, 1.165) is 32.9 Å². The average molecular weight is 513 g/mol. The van der Waals surface area contributed by atoms with E-state index in [0.29, 0.717) is 23.3 Å². The van der Waals surface area contributed by atoms with Crippen molar-refractivity contribution in [1.82, 2.24) is 9.13 Å². The molecule has 0 saturated heterocycles. The number of hydrogen-bond donors (Lipinski definition) is 0. The average Bonchev–Trinajstić information content (AvgIpc) is 2.87. The molecule has 37 heavy (non-hydrogen) atoms. The molecule has 0 bridgehead atoms. The largest absolute Gasteiger partial charge is 0.496 e. The topological polar surface area (TPSA) is 53.2 Å². The molecule has 4 aromatic rings. The number of hydrogen-bond acceptors (Lipinski definition) is 3. The van der Waals surface area contributed by atoms with Crippen molar-refractivity contribution in [2.45, 2.75) is 32.6 Å². The van der Waals surface area contributed by atoms with Crippen LogP contribution in [-0.2, 0) is 25.7 Å². The first kappa shape index (κ1) is 25.9. The van der Waals surface area contributed by atoms with Crippen LogP contribution in [0.3, 0.4) is 0 Å². The molecule has 0 aliphatic carbocycles. The Hall–Kier alpha value is -4.14. The van der Waals surface area contributed by atoms with Gasteiger partial charge in [0, 0.05) is 18.3 Å². The molecule has 0 atom stereocenters. The van der Waals surface area contributed by atoms with Crippen molar-refractivity contribution in [3.05, 3.63) is 122 Å². The van der Waals surface area contributed by atoms with Crippen LogP contribution >= 0.6 is 0 Å². The zero-order valence-corrected chi connectivity index (χ0v) is 20.2. The predicted molar refractivity (Wildman–Crippen MR) is 132 cm³/mol. The molecule has 0 unspecified atom stereocenters. The number of methoxy groups -OCH3 is 1. The van der Waals surface area contributed by atoms with Crippen LogP contribution < -0.4 is 16.0 Å². The molecule has 0 spiro atoms. The summed E-state index contributed by atoms with van der Waals surface area (Å²) in [5, 5.41) is 0. The van der Waals surface area contributed by atoms with Crippen LogP contribution in [0, 0.1) is 12.7 Å². The monoisotopic (exact) mass is 512 g/mol. The lowest BCUT2D eigenvalue weighted by molar-refractivity contribution is -0.138. The highest BCUT2D eigenvalue weighted by molar-refractivity contribution is 5.68. The summed E-state index contributed by atoms with van der Waals surface area (Å²) in [5.41, 5.74) is -1.26. The SMILES string of the molecule is COc1cccc(-c2cn(Cc3c(F)cccc3C(F)(F)F)c(=O)n(CCc3ccccc3)c2=O)c1C. The maximum Gasteiger partial charge on any atom is 0.416 e. The summed E-state index contributed by atoms with van der Waals surface area (Å²) in [4.78, 5) is 26.9. The molecular weight excluding hydrogens is 488 g/mol. The van der Waals surface area contributed by atoms with Gasteiger partial charge in [0.1, 0.15) is 11.6 Å². The van der Waals surface area contributed by atoms with Gasteiger partial charge in [-0.15, -0.1) is 0 Å². The summed E-state index contributed by atoms with van der Waals surface area (Å²) < 4.78 is 62.8. The lowest BCUT2D eigenvalue weighted by Crippen LogP contribution is -2.41. The first-order chi connectivity index (χ1) is 17.6. The molecule has 3 aromatic carbocycles. The highest BCUT2D eigenvalue weighted by Gasteiger charge is 2.34. The maximum atomic E-state index is 14.6. The first-order valence-electron chi connectivity index (χ1n) is 11.5. The Morgan fingerprint density at radius 1 is 0.892 bits per heavy atom. The van der Waals surface area contributed by atoms with E-state index < -0.39 is 40.9 Å². The minimum atomic E-state index is -4.82. The summed E-state index contributed by atoms with van der Waals surface area (Å²) in [6.07, 6.45) is -3.29. The molecule has 0 fully saturated rings. The lowest BCUT2D eigenvalue weighted by atomic mass is 10.0. The number of aryl methyl sites for hydroxylation is 1. The van der Waals surface area contributed by atoms with E-state index in [2.05, 4.69) is 0 Å². The van der Waals surface area contributed by atoms with E-state index in [9.17, 15) is 27.2 Å². The lowest BCUT2D eigenvalue weighted by Gasteiger charge is -2.18. The molecule has 0 N–H and O–H groups in total. The summed E-state index contributed by atoms with van der Waals surface area (Å²) in [6.45, 7) is 1.01. The fraction of sp³-hybridized carbons (Fsp3) is 0.214. The molecule has 0 aliphatic heterocycles. The molecule has 5 nitrogen and oxygen atoms in total. The highest BCUT2D eigenvalue weighted by atomic mass is 19.4. The van der Waals surface area contributed by atoms with Gasteiger partial charge in [0.15, 0.2) is 0 Å². The molecular formula is C28H24F4N2O3. The van der Waals surface area contributed by atoms with Gasteiger partial charge in [-0.2, -0.15) is 13.2 Å². The van der Waals surface area contributed by atoms with Gasteiger partial charge in [0.2, 0.25) is 0 Å². The van der Waals surface area contributed by atoms with Crippen LogP contribution in [0.5, 0.6) is 5.75 Å². The number of halogens is 4. The molecule has 0 amide bonds. The molecule has 192 valence electrons. The maximum absolute atomic E-state index is 14.6. The van der Waals surface area contributed by atoms with Crippen molar-refractivity contribution in [3.8, 4) is 16.9 Å². The Morgan fingerprint density at radius 3 is 2.27 bits per heavy atom. The third kappa shape index (κ3) is 5.35. The second-order valence-corrected chi connectivity index (χ2v) is 8.54. The van der Waals surface area contributed by atoms with E-state index in [1.807, 2.05) is 30.3 Å². The Balaban J connectivity index is 1.91. The number of aromatic nitrogens is 2. The first-order valence-corrected chi connectivity index (χ1v) is 11.5. The van der Waals surface area contributed by atoms with Crippen LogP contribution in [0.2, 0.25) is 0 Å². The van der Waals surface area contributed by atoms with Crippen molar-refractivity contribution < 1.29 is 22.3 Å². The Morgan fingerprint density at radius 2 is 1.59 bits per heavy atom. The Bertz CT molecular complexity index is 1540. The summed E-state index contributed by atoms with van der Waals surface area (Å²) in [7, 11) is 1.47. The highest BCUT2D eigenvalue weighted by Crippen LogP contribution is 2.33. The van der Waals surface area contributed by atoms with Gasteiger partial charge in [-0.3, -0.25) is 13.9 Å². The molecule has 1 heterocycles. The van der Waals surface area contributed by atoms with Crippen LogP contribution in [0.15, 0.2) is 82.5 Å². The van der Waals surface area contributed by atoms with Crippen LogP contribution in [0.4, 0.5) is 17.6 Å². The van der Waals surface area contributed by atoms with Gasteiger partial charge in [0.25, 0.3) is 5.56 Å². The van der Waals surface area contributed by atoms with Crippen molar-refractivity contribution >= 4 is 0 Å². The zero-order valence-electron chi connectivity index (χ0n) is 20.2. The van der Waals surface area contributed by atoms with Gasteiger partial charge in [0.05, 0.1) is 24.8 Å². The number of ether oxygens (including phenoxy) is 1. The third-order valence-corrected chi connectivity index (χ3v) is 6.25. The van der Waals surface area contributed by atoms with E-state index in [-0.39, 0.29) is 12.1 Å². The predicted octanol–water partition coefficient (Wildman–Crippen LogP) is 5.44. The second-order valence-electron chi connectivity index (χ2n) is 8.54. The van der Waals surface area contributed by atoms with E-state index >= 15 is 0 Å². The minimum absolute atomic E-state index is 0.0120. The van der Waals surface area contributed by atoms with E-state index in [4.69, 9.17) is 4.74 Å². The quantitative estimate of drug-likeness (QED) is 0.310. The molecule has 0 aliphatic rings. The summed E-state index contributed by atoms with van der Waals surface area (Å²) >= 11 is 0. The number of alkyl halides is 3. The minimum Gasteiger partial charge on any atom is -0.496 e. The molecule has 0 radical (unpaired) electrons. The number of rotatable bonds is 7. The van der Waals surface area contributed by atoms with Crippen molar-refractivity contribution in [3.63, 3.8) is 0 Å². The van der Waals surface area contributed by atoms with Gasteiger partial charge < -0.3 is 4.74 Å². The third-order valence-electron chi connectivity index (χ3n) is 6.25. The summed E-state index contributed by atoms with van der Waals surface area (Å²) in [6, 6.07) is 16.8. The summed E-state index contributed by atoms with van der Waals surface area (Å²) in [5.74, 6) is -0.596. The fourth-order valence-corrected chi connectivity index (χ4v) is 4.32. The van der Waals surface area contributed by atoms with E-state index in [1.165, 1.54) is 13.3 Å². The molecule has 4 rings (SSSR count). The van der Waals surface area contributed by atoms with Gasteiger partial charge in [-0.25, -0.2) is 9.18 Å². The smallest absolute Gasteiger partial charge is 0.416 e. The van der Waals surface area contributed by atoms with Gasteiger partial charge in [-0.05, 0) is 48.2 Å². The van der Waals surface area contributed by atoms with Crippen molar-refractivity contribution in [1.29, 1.82) is 0 Å². The number of nitrogens with zero attached hydrogens (tertiary/aromatic N) is 2. The molecule has 0 saturated carbocycles. The normalized spacial score (nSPS) is 11.5. The van der Waals surface area contributed by atoms with Gasteiger partial charge >= 0.3 is 11.9 Å². The van der Waals surface area contributed by atoms with Crippen molar-refractivity contribution in [2.75, 3.05) is 7.11 Å². The second kappa shape index (κ2) is 10.5. The van der Waals surface area contributed by atoms with Gasteiger partial charge in [-0.1, -0.05) is 48.5 Å².